The molecule has 4 unspecified atom stereocenters. The number of rotatable bonds is 2. The van der Waals surface area contributed by atoms with E-state index in [9.17, 15) is 0 Å². The van der Waals surface area contributed by atoms with Crippen LogP contribution in [0.5, 0.6) is 0 Å². The quantitative estimate of drug-likeness (QED) is 0.663. The van der Waals surface area contributed by atoms with Gasteiger partial charge in [0.15, 0.2) is 5.96 Å². The van der Waals surface area contributed by atoms with Crippen molar-refractivity contribution in [1.29, 1.82) is 0 Å². The number of fused-ring (bicyclic) bond motifs is 1. The van der Waals surface area contributed by atoms with Crippen LogP contribution in [0.4, 0.5) is 0 Å². The van der Waals surface area contributed by atoms with Gasteiger partial charge in [0.25, 0.3) is 0 Å². The van der Waals surface area contributed by atoms with Gasteiger partial charge in [0.05, 0.1) is 6.10 Å². The maximum atomic E-state index is 5.93. The average molecular weight is 341 g/mol. The van der Waals surface area contributed by atoms with Crippen LogP contribution < -0.4 is 5.32 Å². The second-order valence-corrected chi connectivity index (χ2v) is 8.52. The van der Waals surface area contributed by atoms with Crippen molar-refractivity contribution in [2.24, 2.45) is 16.3 Å². The molecule has 25 heavy (non-hydrogen) atoms. The number of nitrogens with one attached hydrogen (secondary N) is 1. The molecule has 4 heteroatoms. The second kappa shape index (κ2) is 6.31. The van der Waals surface area contributed by atoms with E-state index < -0.39 is 0 Å². The first-order valence-corrected chi connectivity index (χ1v) is 9.67. The SMILES string of the molecule is CN=C(NC1C2CCOC2C1(C)C)N1CCC(c2ccccc2C)C1. The first kappa shape index (κ1) is 16.9. The molecule has 0 radical (unpaired) electrons. The lowest BCUT2D eigenvalue weighted by Gasteiger charge is -2.55. The second-order valence-electron chi connectivity index (χ2n) is 8.52. The summed E-state index contributed by atoms with van der Waals surface area (Å²) in [5.41, 5.74) is 3.09. The summed E-state index contributed by atoms with van der Waals surface area (Å²) < 4.78 is 5.93. The summed E-state index contributed by atoms with van der Waals surface area (Å²) in [6.45, 7) is 9.92. The number of aryl methyl sites for hydroxylation is 1. The minimum absolute atomic E-state index is 0.187. The molecule has 3 fully saturated rings. The van der Waals surface area contributed by atoms with E-state index in [2.05, 4.69) is 60.2 Å². The molecule has 2 saturated heterocycles. The standard InChI is InChI=1S/C21H31N3O/c1-14-7-5-6-8-16(14)15-9-11-24(13-15)20(22-4)23-18-17-10-12-25-19(17)21(18,2)3/h5-8,15,17-19H,9-13H2,1-4H3,(H,22,23). The van der Waals surface area contributed by atoms with Crippen LogP contribution in [-0.4, -0.2) is 49.7 Å². The monoisotopic (exact) mass is 341 g/mol. The molecule has 0 aromatic heterocycles. The van der Waals surface area contributed by atoms with Crippen molar-refractivity contribution in [1.82, 2.24) is 10.2 Å². The van der Waals surface area contributed by atoms with E-state index in [-0.39, 0.29) is 5.41 Å². The Morgan fingerprint density at radius 2 is 2.08 bits per heavy atom. The molecule has 1 aromatic rings. The maximum absolute atomic E-state index is 5.93. The zero-order chi connectivity index (χ0) is 17.6. The van der Waals surface area contributed by atoms with Crippen LogP contribution in [0.25, 0.3) is 0 Å². The van der Waals surface area contributed by atoms with Gasteiger partial charge in [-0.15, -0.1) is 0 Å². The molecule has 0 bridgehead atoms. The van der Waals surface area contributed by atoms with Crippen LogP contribution in [0.15, 0.2) is 29.3 Å². The zero-order valence-corrected chi connectivity index (χ0v) is 16.0. The fraction of sp³-hybridized carbons (Fsp3) is 0.667. The molecule has 0 amide bonds. The summed E-state index contributed by atoms with van der Waals surface area (Å²) in [5, 5.41) is 3.79. The summed E-state index contributed by atoms with van der Waals surface area (Å²) in [4.78, 5) is 7.05. The molecule has 3 aliphatic rings. The van der Waals surface area contributed by atoms with E-state index in [4.69, 9.17) is 4.74 Å². The van der Waals surface area contributed by atoms with Crippen LogP contribution in [0.2, 0.25) is 0 Å². The minimum Gasteiger partial charge on any atom is -0.377 e. The van der Waals surface area contributed by atoms with Crippen molar-refractivity contribution in [3.63, 3.8) is 0 Å². The maximum Gasteiger partial charge on any atom is 0.193 e. The highest BCUT2D eigenvalue weighted by molar-refractivity contribution is 5.81. The van der Waals surface area contributed by atoms with E-state index >= 15 is 0 Å². The third-order valence-electron chi connectivity index (χ3n) is 6.71. The van der Waals surface area contributed by atoms with Gasteiger partial charge in [-0.1, -0.05) is 38.1 Å². The Hall–Kier alpha value is -1.55. The third-order valence-corrected chi connectivity index (χ3v) is 6.71. The Kier molecular flexibility index (Phi) is 4.27. The summed E-state index contributed by atoms with van der Waals surface area (Å²) in [7, 11) is 1.91. The summed E-state index contributed by atoms with van der Waals surface area (Å²) in [6.07, 6.45) is 2.80. The van der Waals surface area contributed by atoms with Gasteiger partial charge in [-0.05, 0) is 30.9 Å². The average Bonchev–Trinajstić information content (AvgIpc) is 3.24. The highest BCUT2D eigenvalue weighted by atomic mass is 16.5. The van der Waals surface area contributed by atoms with E-state index in [0.29, 0.717) is 24.0 Å². The van der Waals surface area contributed by atoms with Gasteiger partial charge < -0.3 is 15.0 Å². The van der Waals surface area contributed by atoms with Gasteiger partial charge in [0.1, 0.15) is 0 Å². The van der Waals surface area contributed by atoms with E-state index in [1.165, 1.54) is 24.0 Å². The number of nitrogens with zero attached hydrogens (tertiary/aromatic N) is 2. The normalized spacial score (nSPS) is 33.9. The molecule has 1 N–H and O–H groups in total. The highest BCUT2D eigenvalue weighted by Gasteiger charge is 2.59. The van der Waals surface area contributed by atoms with E-state index in [1.807, 2.05) is 7.05 Å². The predicted molar refractivity (Wildman–Crippen MR) is 102 cm³/mol. The number of aliphatic imine (C=N–C) groups is 1. The summed E-state index contributed by atoms with van der Waals surface area (Å²) in [6, 6.07) is 9.27. The first-order chi connectivity index (χ1) is 12.0. The highest BCUT2D eigenvalue weighted by Crippen LogP contribution is 2.52. The molecule has 4 nitrogen and oxygen atoms in total. The lowest BCUT2D eigenvalue weighted by atomic mass is 9.57. The van der Waals surface area contributed by atoms with Crippen LogP contribution in [0.3, 0.4) is 0 Å². The van der Waals surface area contributed by atoms with Gasteiger partial charge in [0, 0.05) is 50.0 Å². The number of benzene rings is 1. The molecular formula is C21H31N3O. The smallest absolute Gasteiger partial charge is 0.193 e. The topological polar surface area (TPSA) is 36.9 Å². The number of hydrogen-bond acceptors (Lipinski definition) is 2. The number of hydrogen-bond donors (Lipinski definition) is 1. The van der Waals surface area contributed by atoms with Crippen LogP contribution >= 0.6 is 0 Å². The largest absolute Gasteiger partial charge is 0.377 e. The van der Waals surface area contributed by atoms with E-state index in [1.54, 1.807) is 0 Å². The van der Waals surface area contributed by atoms with Gasteiger partial charge in [-0.25, -0.2) is 0 Å². The molecular weight excluding hydrogens is 310 g/mol. The number of likely N-dealkylation sites (tertiary alicyclic amines) is 1. The van der Waals surface area contributed by atoms with Crippen molar-refractivity contribution in [2.75, 3.05) is 26.7 Å². The van der Waals surface area contributed by atoms with Crippen LogP contribution in [0, 0.1) is 18.3 Å². The van der Waals surface area contributed by atoms with Crippen LogP contribution in [-0.2, 0) is 4.74 Å². The molecule has 1 aliphatic carbocycles. The summed E-state index contributed by atoms with van der Waals surface area (Å²) >= 11 is 0. The Bertz CT molecular complexity index is 669. The lowest BCUT2D eigenvalue weighted by molar-refractivity contribution is -0.107. The van der Waals surface area contributed by atoms with Crippen molar-refractivity contribution in [3.8, 4) is 0 Å². The molecule has 136 valence electrons. The molecule has 2 aliphatic heterocycles. The van der Waals surface area contributed by atoms with Crippen molar-refractivity contribution < 1.29 is 4.74 Å². The first-order valence-electron chi connectivity index (χ1n) is 9.67. The molecule has 4 rings (SSSR count). The van der Waals surface area contributed by atoms with Gasteiger partial charge >= 0.3 is 0 Å². The Labute approximate surface area is 151 Å². The van der Waals surface area contributed by atoms with Crippen molar-refractivity contribution >= 4 is 5.96 Å². The molecule has 1 aromatic carbocycles. The third kappa shape index (κ3) is 2.75. The fourth-order valence-electron chi connectivity index (χ4n) is 5.30. The van der Waals surface area contributed by atoms with E-state index in [0.717, 1.165) is 25.7 Å². The lowest BCUT2D eigenvalue weighted by Crippen LogP contribution is -2.68. The van der Waals surface area contributed by atoms with Crippen molar-refractivity contribution in [2.45, 2.75) is 51.7 Å². The molecule has 1 saturated carbocycles. The van der Waals surface area contributed by atoms with Crippen molar-refractivity contribution in [3.05, 3.63) is 35.4 Å². The Balaban J connectivity index is 1.44. The van der Waals surface area contributed by atoms with Gasteiger partial charge in [-0.3, -0.25) is 4.99 Å². The summed E-state index contributed by atoms with van der Waals surface area (Å²) in [5.74, 6) is 2.32. The Morgan fingerprint density at radius 1 is 1.28 bits per heavy atom. The fourth-order valence-corrected chi connectivity index (χ4v) is 5.30. The van der Waals surface area contributed by atoms with Gasteiger partial charge in [-0.2, -0.15) is 0 Å². The number of ether oxygens (including phenoxy) is 1. The zero-order valence-electron chi connectivity index (χ0n) is 16.0. The number of guanidine groups is 1. The molecule has 4 atom stereocenters. The van der Waals surface area contributed by atoms with Crippen LogP contribution in [0.1, 0.15) is 43.7 Å². The predicted octanol–water partition coefficient (Wildman–Crippen LogP) is 3.17. The molecule has 0 spiro atoms. The Morgan fingerprint density at radius 3 is 2.84 bits per heavy atom. The minimum atomic E-state index is 0.187. The molecule has 2 heterocycles. The van der Waals surface area contributed by atoms with Gasteiger partial charge in [0.2, 0.25) is 0 Å².